The van der Waals surface area contributed by atoms with Gasteiger partial charge in [-0.15, -0.1) is 0 Å². The lowest BCUT2D eigenvalue weighted by Gasteiger charge is -2.30. The Labute approximate surface area is 123 Å². The van der Waals surface area contributed by atoms with E-state index in [1.807, 2.05) is 0 Å². The van der Waals surface area contributed by atoms with Gasteiger partial charge in [0.1, 0.15) is 0 Å². The molecule has 2 saturated carbocycles. The fourth-order valence-corrected chi connectivity index (χ4v) is 3.72. The number of aliphatic hydroxyl groups excluding tert-OH is 1. The van der Waals surface area contributed by atoms with Crippen LogP contribution in [0.1, 0.15) is 44.9 Å². The van der Waals surface area contributed by atoms with Crippen molar-refractivity contribution in [3.05, 3.63) is 0 Å². The highest BCUT2D eigenvalue weighted by molar-refractivity contribution is 5.78. The fourth-order valence-electron chi connectivity index (χ4n) is 3.72. The maximum atomic E-state index is 12.7. The van der Waals surface area contributed by atoms with E-state index in [0.29, 0.717) is 19.4 Å². The first-order valence-corrected chi connectivity index (χ1v) is 7.87. The number of alkyl halides is 3. The highest BCUT2D eigenvalue weighted by Gasteiger charge is 2.43. The van der Waals surface area contributed by atoms with Crippen LogP contribution in [0.3, 0.4) is 0 Å². The third-order valence-corrected chi connectivity index (χ3v) is 5.10. The van der Waals surface area contributed by atoms with Gasteiger partial charge in [-0.25, -0.2) is 0 Å². The van der Waals surface area contributed by atoms with Crippen LogP contribution >= 0.6 is 0 Å². The second-order valence-corrected chi connectivity index (χ2v) is 6.48. The van der Waals surface area contributed by atoms with Crippen LogP contribution in [0.4, 0.5) is 13.2 Å². The second kappa shape index (κ2) is 6.99. The molecule has 2 N–H and O–H groups in total. The first-order valence-electron chi connectivity index (χ1n) is 7.87. The summed E-state index contributed by atoms with van der Waals surface area (Å²) in [7, 11) is 0. The van der Waals surface area contributed by atoms with Gasteiger partial charge in [-0.05, 0) is 43.9 Å². The Hall–Kier alpha value is -0.780. The summed E-state index contributed by atoms with van der Waals surface area (Å²) in [5, 5.41) is 12.1. The Kier molecular flexibility index (Phi) is 5.52. The molecule has 2 aliphatic carbocycles. The van der Waals surface area contributed by atoms with E-state index >= 15 is 0 Å². The molecule has 122 valence electrons. The number of hydrogen-bond donors (Lipinski definition) is 2. The first kappa shape index (κ1) is 16.6. The predicted octanol–water partition coefficient (Wildman–Crippen LogP) is 2.88. The molecule has 1 amide bonds. The molecule has 4 unspecified atom stereocenters. The predicted molar refractivity (Wildman–Crippen MR) is 72.4 cm³/mol. The van der Waals surface area contributed by atoms with E-state index in [2.05, 4.69) is 5.32 Å². The maximum Gasteiger partial charge on any atom is 0.391 e. The summed E-state index contributed by atoms with van der Waals surface area (Å²) in [5.74, 6) is -1.61. The van der Waals surface area contributed by atoms with Crippen molar-refractivity contribution in [2.24, 2.45) is 23.7 Å². The van der Waals surface area contributed by atoms with Crippen molar-refractivity contribution >= 4 is 5.91 Å². The molecule has 3 nitrogen and oxygen atoms in total. The summed E-state index contributed by atoms with van der Waals surface area (Å²) >= 11 is 0. The van der Waals surface area contributed by atoms with Crippen LogP contribution in [0.15, 0.2) is 0 Å². The molecule has 21 heavy (non-hydrogen) atoms. The van der Waals surface area contributed by atoms with Gasteiger partial charge in [-0.2, -0.15) is 13.2 Å². The average molecular weight is 307 g/mol. The van der Waals surface area contributed by atoms with Gasteiger partial charge >= 0.3 is 6.18 Å². The molecular formula is C15H24F3NO2. The van der Waals surface area contributed by atoms with Gasteiger partial charge in [0.25, 0.3) is 0 Å². The van der Waals surface area contributed by atoms with Crippen LogP contribution in [-0.2, 0) is 4.79 Å². The zero-order valence-electron chi connectivity index (χ0n) is 12.2. The lowest BCUT2D eigenvalue weighted by atomic mass is 9.80. The lowest BCUT2D eigenvalue weighted by molar-refractivity contribution is -0.186. The normalized spacial score (nSPS) is 33.9. The van der Waals surface area contributed by atoms with E-state index in [1.54, 1.807) is 0 Å². The Morgan fingerprint density at radius 1 is 1.10 bits per heavy atom. The molecule has 0 bridgehead atoms. The minimum Gasteiger partial charge on any atom is -0.396 e. The van der Waals surface area contributed by atoms with Crippen molar-refractivity contribution in [1.82, 2.24) is 5.32 Å². The minimum atomic E-state index is -4.19. The lowest BCUT2D eigenvalue weighted by Crippen LogP contribution is -2.39. The zero-order valence-corrected chi connectivity index (χ0v) is 12.2. The molecule has 0 saturated heterocycles. The Morgan fingerprint density at radius 2 is 1.76 bits per heavy atom. The number of nitrogens with one attached hydrogen (secondary N) is 1. The molecule has 4 atom stereocenters. The first-order chi connectivity index (χ1) is 9.91. The van der Waals surface area contributed by atoms with Gasteiger partial charge in [0, 0.05) is 19.1 Å². The molecule has 2 fully saturated rings. The third kappa shape index (κ3) is 4.34. The van der Waals surface area contributed by atoms with Crippen molar-refractivity contribution in [3.8, 4) is 0 Å². The Bertz CT molecular complexity index is 359. The van der Waals surface area contributed by atoms with Crippen LogP contribution < -0.4 is 5.32 Å². The molecule has 2 rings (SSSR count). The highest BCUT2D eigenvalue weighted by Crippen LogP contribution is 2.40. The molecule has 0 spiro atoms. The highest BCUT2D eigenvalue weighted by atomic mass is 19.4. The fraction of sp³-hybridized carbons (Fsp3) is 0.933. The van der Waals surface area contributed by atoms with E-state index in [9.17, 15) is 23.1 Å². The standard InChI is InChI=1S/C15H24F3NO2/c16-15(17,18)13-6-2-3-10(7-13)14(21)19-8-11-4-1-5-12(11)9-20/h10-13,20H,1-9H2,(H,19,21). The number of amides is 1. The summed E-state index contributed by atoms with van der Waals surface area (Å²) in [6.45, 7) is 0.608. The Balaban J connectivity index is 1.80. The second-order valence-electron chi connectivity index (χ2n) is 6.48. The van der Waals surface area contributed by atoms with E-state index in [4.69, 9.17) is 0 Å². The van der Waals surface area contributed by atoms with Crippen LogP contribution in [0.25, 0.3) is 0 Å². The van der Waals surface area contributed by atoms with E-state index in [1.165, 1.54) is 0 Å². The Morgan fingerprint density at radius 3 is 2.43 bits per heavy atom. The summed E-state index contributed by atoms with van der Waals surface area (Å²) in [6, 6.07) is 0. The van der Waals surface area contributed by atoms with Gasteiger partial charge < -0.3 is 10.4 Å². The van der Waals surface area contributed by atoms with Crippen molar-refractivity contribution in [2.45, 2.75) is 51.1 Å². The van der Waals surface area contributed by atoms with Gasteiger partial charge in [-0.3, -0.25) is 4.79 Å². The van der Waals surface area contributed by atoms with Gasteiger partial charge in [0.15, 0.2) is 0 Å². The largest absolute Gasteiger partial charge is 0.396 e. The number of rotatable bonds is 4. The molecule has 2 aliphatic rings. The van der Waals surface area contributed by atoms with Crippen molar-refractivity contribution in [1.29, 1.82) is 0 Å². The zero-order chi connectivity index (χ0) is 15.5. The van der Waals surface area contributed by atoms with Crippen molar-refractivity contribution in [2.75, 3.05) is 13.2 Å². The van der Waals surface area contributed by atoms with E-state index < -0.39 is 18.0 Å². The third-order valence-electron chi connectivity index (χ3n) is 5.10. The van der Waals surface area contributed by atoms with E-state index in [0.717, 1.165) is 19.3 Å². The number of carbonyl (C=O) groups excluding carboxylic acids is 1. The molecule has 0 radical (unpaired) electrons. The number of hydrogen-bond acceptors (Lipinski definition) is 2. The summed E-state index contributed by atoms with van der Waals surface area (Å²) in [5.41, 5.74) is 0. The van der Waals surface area contributed by atoms with Crippen LogP contribution in [0, 0.1) is 23.7 Å². The maximum absolute atomic E-state index is 12.7. The summed E-state index contributed by atoms with van der Waals surface area (Å²) in [4.78, 5) is 12.1. The molecule has 0 aliphatic heterocycles. The quantitative estimate of drug-likeness (QED) is 0.839. The molecule has 0 aromatic carbocycles. The van der Waals surface area contributed by atoms with Gasteiger partial charge in [0.05, 0.1) is 5.92 Å². The van der Waals surface area contributed by atoms with Crippen LogP contribution in [0.5, 0.6) is 0 Å². The van der Waals surface area contributed by atoms with Gasteiger partial charge in [0.2, 0.25) is 5.91 Å². The number of aliphatic hydroxyl groups is 1. The molecule has 0 heterocycles. The molecule has 0 aromatic heterocycles. The molecule has 6 heteroatoms. The minimum absolute atomic E-state index is 0.0799. The molecule has 0 aromatic rings. The van der Waals surface area contributed by atoms with Crippen molar-refractivity contribution < 1.29 is 23.1 Å². The van der Waals surface area contributed by atoms with Gasteiger partial charge in [-0.1, -0.05) is 12.8 Å². The van der Waals surface area contributed by atoms with Crippen molar-refractivity contribution in [3.63, 3.8) is 0 Å². The topological polar surface area (TPSA) is 49.3 Å². The van der Waals surface area contributed by atoms with Crippen LogP contribution in [0.2, 0.25) is 0 Å². The average Bonchev–Trinajstić information content (AvgIpc) is 2.91. The monoisotopic (exact) mass is 307 g/mol. The number of halogens is 3. The molecular weight excluding hydrogens is 283 g/mol. The summed E-state index contributed by atoms with van der Waals surface area (Å²) < 4.78 is 38.2. The smallest absolute Gasteiger partial charge is 0.391 e. The van der Waals surface area contributed by atoms with Crippen LogP contribution in [-0.4, -0.2) is 30.3 Å². The SMILES string of the molecule is O=C(NCC1CCCC1CO)C1CCCC(C(F)(F)F)C1. The van der Waals surface area contributed by atoms with E-state index in [-0.39, 0.29) is 37.2 Å². The number of carbonyl (C=O) groups is 1. The summed E-state index contributed by atoms with van der Waals surface area (Å²) in [6.07, 6.45) is -0.126.